The molecule has 0 radical (unpaired) electrons. The fraction of sp³-hybridized carbons (Fsp3) is 0.522. The first kappa shape index (κ1) is 25.1. The van der Waals surface area contributed by atoms with E-state index in [1.54, 1.807) is 0 Å². The third-order valence-corrected chi connectivity index (χ3v) is 6.04. The molecule has 0 aliphatic carbocycles. The van der Waals surface area contributed by atoms with Gasteiger partial charge in [0, 0.05) is 49.0 Å². The summed E-state index contributed by atoms with van der Waals surface area (Å²) in [5.74, 6) is 0.828. The molecule has 1 fully saturated rings. The molecule has 1 saturated heterocycles. The van der Waals surface area contributed by atoms with Crippen molar-refractivity contribution in [3.8, 4) is 0 Å². The smallest absolute Gasteiger partial charge is 0.191 e. The van der Waals surface area contributed by atoms with Gasteiger partial charge in [-0.25, -0.2) is 0 Å². The Morgan fingerprint density at radius 1 is 1.23 bits per heavy atom. The number of aliphatic imine (C=N–C) groups is 1. The van der Waals surface area contributed by atoms with E-state index in [-0.39, 0.29) is 24.0 Å². The van der Waals surface area contributed by atoms with Crippen molar-refractivity contribution in [3.05, 3.63) is 57.3 Å². The van der Waals surface area contributed by atoms with E-state index in [2.05, 4.69) is 65.9 Å². The van der Waals surface area contributed by atoms with E-state index in [4.69, 9.17) is 9.47 Å². The van der Waals surface area contributed by atoms with Crippen LogP contribution in [0.1, 0.15) is 40.6 Å². The molecule has 1 unspecified atom stereocenters. The van der Waals surface area contributed by atoms with E-state index in [0.717, 1.165) is 45.0 Å². The summed E-state index contributed by atoms with van der Waals surface area (Å²) in [6.07, 6.45) is 3.30. The number of thiophene rings is 1. The van der Waals surface area contributed by atoms with E-state index < -0.39 is 0 Å². The Morgan fingerprint density at radius 2 is 2.00 bits per heavy atom. The molecular weight excluding hydrogens is 509 g/mol. The van der Waals surface area contributed by atoms with Crippen molar-refractivity contribution in [2.24, 2.45) is 4.99 Å². The van der Waals surface area contributed by atoms with Gasteiger partial charge in [0.05, 0.1) is 12.7 Å². The van der Waals surface area contributed by atoms with E-state index in [1.807, 2.05) is 18.4 Å². The monoisotopic (exact) mass is 543 g/mol. The lowest BCUT2D eigenvalue weighted by atomic mass is 10.1. The number of hydrogen-bond donors (Lipinski definition) is 2. The van der Waals surface area contributed by atoms with Gasteiger partial charge in [0.25, 0.3) is 0 Å². The van der Waals surface area contributed by atoms with Gasteiger partial charge in [-0.1, -0.05) is 24.3 Å². The van der Waals surface area contributed by atoms with Gasteiger partial charge in [0.1, 0.15) is 0 Å². The number of rotatable bonds is 8. The maximum absolute atomic E-state index is 6.05. The number of aryl methyl sites for hydroxylation is 1. The van der Waals surface area contributed by atoms with Gasteiger partial charge in [-0.2, -0.15) is 0 Å². The van der Waals surface area contributed by atoms with Crippen LogP contribution in [0.15, 0.2) is 41.4 Å². The molecule has 1 aromatic carbocycles. The maximum Gasteiger partial charge on any atom is 0.191 e. The van der Waals surface area contributed by atoms with Crippen molar-refractivity contribution in [2.75, 3.05) is 20.3 Å². The van der Waals surface area contributed by atoms with Gasteiger partial charge >= 0.3 is 0 Å². The highest BCUT2D eigenvalue weighted by atomic mass is 127. The predicted octanol–water partition coefficient (Wildman–Crippen LogP) is 4.67. The highest BCUT2D eigenvalue weighted by Gasteiger charge is 2.14. The predicted molar refractivity (Wildman–Crippen MR) is 136 cm³/mol. The molecule has 0 bridgehead atoms. The number of benzene rings is 1. The fourth-order valence-corrected chi connectivity index (χ4v) is 4.47. The quantitative estimate of drug-likeness (QED) is 0.289. The van der Waals surface area contributed by atoms with Crippen molar-refractivity contribution < 1.29 is 9.47 Å². The summed E-state index contributed by atoms with van der Waals surface area (Å²) in [4.78, 5) is 7.13. The molecule has 2 aromatic rings. The van der Waals surface area contributed by atoms with E-state index in [1.165, 1.54) is 20.9 Å². The Morgan fingerprint density at radius 3 is 2.70 bits per heavy atom. The zero-order valence-corrected chi connectivity index (χ0v) is 21.3. The maximum atomic E-state index is 6.05. The number of nitrogens with zero attached hydrogens (tertiary/aromatic N) is 1. The number of guanidine groups is 1. The summed E-state index contributed by atoms with van der Waals surface area (Å²) >= 11 is 1.86. The van der Waals surface area contributed by atoms with Gasteiger partial charge in [0.15, 0.2) is 5.96 Å². The lowest BCUT2D eigenvalue weighted by Gasteiger charge is -2.22. The zero-order chi connectivity index (χ0) is 20.5. The third-order valence-electron chi connectivity index (χ3n) is 5.02. The fourth-order valence-electron chi connectivity index (χ4n) is 3.45. The minimum Gasteiger partial charge on any atom is -0.381 e. The lowest BCUT2D eigenvalue weighted by Crippen LogP contribution is -2.42. The van der Waals surface area contributed by atoms with E-state index in [0.29, 0.717) is 18.8 Å². The molecule has 2 heterocycles. The SMILES string of the molecule is CN=C(NCc1cccc(COC2CCOCC2)c1)NC(C)Cc1ccc(C)s1.I. The molecule has 3 rings (SSSR count). The highest BCUT2D eigenvalue weighted by Crippen LogP contribution is 2.17. The summed E-state index contributed by atoms with van der Waals surface area (Å²) in [7, 11) is 1.81. The van der Waals surface area contributed by atoms with Crippen LogP contribution in [0.4, 0.5) is 0 Å². The molecule has 1 aromatic heterocycles. The van der Waals surface area contributed by atoms with Gasteiger partial charge < -0.3 is 20.1 Å². The zero-order valence-electron chi connectivity index (χ0n) is 18.1. The molecule has 1 atom stereocenters. The number of ether oxygens (including phenoxy) is 2. The van der Waals surface area contributed by atoms with Crippen LogP contribution in [0.2, 0.25) is 0 Å². The Hall–Kier alpha value is -1.16. The van der Waals surface area contributed by atoms with Gasteiger partial charge in [-0.05, 0) is 49.9 Å². The van der Waals surface area contributed by atoms with Crippen LogP contribution in [0.25, 0.3) is 0 Å². The second kappa shape index (κ2) is 13.3. The van der Waals surface area contributed by atoms with Crippen LogP contribution in [-0.4, -0.2) is 38.4 Å². The molecule has 2 N–H and O–H groups in total. The van der Waals surface area contributed by atoms with Crippen molar-refractivity contribution in [1.29, 1.82) is 0 Å². The molecule has 0 saturated carbocycles. The van der Waals surface area contributed by atoms with Crippen LogP contribution in [-0.2, 0) is 29.0 Å². The summed E-state index contributed by atoms with van der Waals surface area (Å²) in [6, 6.07) is 13.3. The van der Waals surface area contributed by atoms with Crippen LogP contribution >= 0.6 is 35.3 Å². The first-order valence-electron chi connectivity index (χ1n) is 10.4. The van der Waals surface area contributed by atoms with Gasteiger partial charge in [-0.3, -0.25) is 4.99 Å². The van der Waals surface area contributed by atoms with Gasteiger partial charge in [0.2, 0.25) is 0 Å². The largest absolute Gasteiger partial charge is 0.381 e. The molecule has 0 amide bonds. The number of halogens is 1. The normalized spacial score (nSPS) is 16.0. The summed E-state index contributed by atoms with van der Waals surface area (Å²) < 4.78 is 11.4. The Labute approximate surface area is 201 Å². The molecule has 5 nitrogen and oxygen atoms in total. The first-order valence-corrected chi connectivity index (χ1v) is 11.2. The van der Waals surface area contributed by atoms with Crippen LogP contribution in [0, 0.1) is 6.92 Å². The third kappa shape index (κ3) is 8.53. The topological polar surface area (TPSA) is 54.9 Å². The van der Waals surface area contributed by atoms with Crippen molar-refractivity contribution >= 4 is 41.3 Å². The van der Waals surface area contributed by atoms with Crippen molar-refractivity contribution in [2.45, 2.75) is 58.4 Å². The van der Waals surface area contributed by atoms with E-state index in [9.17, 15) is 0 Å². The molecule has 0 spiro atoms. The van der Waals surface area contributed by atoms with Crippen molar-refractivity contribution in [3.63, 3.8) is 0 Å². The number of hydrogen-bond acceptors (Lipinski definition) is 4. The second-order valence-electron chi connectivity index (χ2n) is 7.63. The number of nitrogens with one attached hydrogen (secondary N) is 2. The molecule has 1 aliphatic heterocycles. The minimum atomic E-state index is 0. The summed E-state index contributed by atoms with van der Waals surface area (Å²) in [5, 5.41) is 6.91. The Bertz CT molecular complexity index is 790. The summed E-state index contributed by atoms with van der Waals surface area (Å²) in [5.41, 5.74) is 2.43. The van der Waals surface area contributed by atoms with Crippen molar-refractivity contribution in [1.82, 2.24) is 10.6 Å². The van der Waals surface area contributed by atoms with Crippen LogP contribution in [0.3, 0.4) is 0 Å². The highest BCUT2D eigenvalue weighted by molar-refractivity contribution is 14.0. The lowest BCUT2D eigenvalue weighted by molar-refractivity contribution is -0.0390. The molecule has 1 aliphatic rings. The minimum absolute atomic E-state index is 0. The summed E-state index contributed by atoms with van der Waals surface area (Å²) in [6.45, 7) is 7.35. The molecule has 166 valence electrons. The average molecular weight is 544 g/mol. The second-order valence-corrected chi connectivity index (χ2v) is 9.00. The van der Waals surface area contributed by atoms with E-state index >= 15 is 0 Å². The Kier molecular flexibility index (Phi) is 11.1. The molecule has 7 heteroatoms. The Balaban J connectivity index is 0.00000320. The average Bonchev–Trinajstić information content (AvgIpc) is 3.15. The molecule has 30 heavy (non-hydrogen) atoms. The van der Waals surface area contributed by atoms with Crippen LogP contribution < -0.4 is 10.6 Å². The van der Waals surface area contributed by atoms with Crippen LogP contribution in [0.5, 0.6) is 0 Å². The first-order chi connectivity index (χ1) is 14.1. The van der Waals surface area contributed by atoms with Gasteiger partial charge in [-0.15, -0.1) is 35.3 Å². The standard InChI is InChI=1S/C23H33N3O2S.HI/c1-17(13-22-8-7-18(2)29-22)26-23(24-3)25-15-19-5-4-6-20(14-19)16-28-21-9-11-27-12-10-21;/h4-8,14,17,21H,9-13,15-16H2,1-3H3,(H2,24,25,26);1H. The molecular formula is C23H34IN3O2S.